The molecule has 0 saturated carbocycles. The number of rotatable bonds is 4. The Balaban J connectivity index is 0.00000192. The number of benzene rings is 2. The van der Waals surface area contributed by atoms with Crippen molar-refractivity contribution in [1.29, 1.82) is 0 Å². The van der Waals surface area contributed by atoms with Gasteiger partial charge in [-0.05, 0) is 30.2 Å². The Bertz CT molecular complexity index is 648. The summed E-state index contributed by atoms with van der Waals surface area (Å²) in [5.74, 6) is 0.733. The van der Waals surface area contributed by atoms with Gasteiger partial charge in [-0.3, -0.25) is 4.79 Å². The maximum atomic E-state index is 12.4. The molecule has 1 heterocycles. The first-order valence-corrected chi connectivity index (χ1v) is 7.54. The quantitative estimate of drug-likeness (QED) is 0.936. The topological polar surface area (TPSA) is 55.6 Å². The summed E-state index contributed by atoms with van der Waals surface area (Å²) in [5.41, 5.74) is 7.62. The van der Waals surface area contributed by atoms with Crippen molar-refractivity contribution in [3.8, 4) is 5.75 Å². The average molecular weight is 333 g/mol. The molecule has 1 amide bonds. The maximum Gasteiger partial charge on any atom is 0.254 e. The van der Waals surface area contributed by atoms with Gasteiger partial charge in [0, 0.05) is 24.7 Å². The summed E-state index contributed by atoms with van der Waals surface area (Å²) < 4.78 is 5.77. The molecular weight excluding hydrogens is 312 g/mol. The highest BCUT2D eigenvalue weighted by molar-refractivity contribution is 5.94. The highest BCUT2D eigenvalue weighted by Gasteiger charge is 2.24. The van der Waals surface area contributed by atoms with Crippen LogP contribution in [-0.4, -0.2) is 29.9 Å². The Labute approximate surface area is 142 Å². The van der Waals surface area contributed by atoms with E-state index < -0.39 is 0 Å². The first-order chi connectivity index (χ1) is 10.7. The van der Waals surface area contributed by atoms with Crippen molar-refractivity contribution in [3.05, 3.63) is 65.7 Å². The van der Waals surface area contributed by atoms with Crippen molar-refractivity contribution in [2.45, 2.75) is 19.1 Å². The molecule has 0 bridgehead atoms. The number of ether oxygens (including phenoxy) is 1. The van der Waals surface area contributed by atoms with Crippen molar-refractivity contribution in [1.82, 2.24) is 4.90 Å². The van der Waals surface area contributed by atoms with E-state index in [-0.39, 0.29) is 24.4 Å². The maximum absolute atomic E-state index is 12.4. The number of hydrogen-bond acceptors (Lipinski definition) is 3. The van der Waals surface area contributed by atoms with Crippen molar-refractivity contribution in [3.63, 3.8) is 0 Å². The fourth-order valence-electron chi connectivity index (χ4n) is 2.61. The summed E-state index contributed by atoms with van der Waals surface area (Å²) >= 11 is 0. The van der Waals surface area contributed by atoms with E-state index in [2.05, 4.69) is 0 Å². The van der Waals surface area contributed by atoms with Gasteiger partial charge in [0.25, 0.3) is 5.91 Å². The van der Waals surface area contributed by atoms with Gasteiger partial charge in [0.1, 0.15) is 12.4 Å². The summed E-state index contributed by atoms with van der Waals surface area (Å²) in [6.07, 6.45) is 0.871. The van der Waals surface area contributed by atoms with Gasteiger partial charge in [-0.25, -0.2) is 0 Å². The number of halogens is 1. The van der Waals surface area contributed by atoms with Crippen molar-refractivity contribution in [2.75, 3.05) is 13.1 Å². The predicted molar refractivity (Wildman–Crippen MR) is 93.0 cm³/mol. The van der Waals surface area contributed by atoms with Crippen molar-refractivity contribution < 1.29 is 9.53 Å². The van der Waals surface area contributed by atoms with Crippen LogP contribution in [0.25, 0.3) is 0 Å². The summed E-state index contributed by atoms with van der Waals surface area (Å²) in [7, 11) is 0. The molecule has 0 aliphatic carbocycles. The highest BCUT2D eigenvalue weighted by Crippen LogP contribution is 2.18. The van der Waals surface area contributed by atoms with Gasteiger partial charge in [-0.15, -0.1) is 12.4 Å². The third-order valence-electron chi connectivity index (χ3n) is 3.84. The number of carbonyl (C=O) groups excluding carboxylic acids is 1. The molecule has 4 nitrogen and oxygen atoms in total. The second-order valence-corrected chi connectivity index (χ2v) is 5.60. The summed E-state index contributed by atoms with van der Waals surface area (Å²) in [5, 5.41) is 0. The Morgan fingerprint density at radius 1 is 1.17 bits per heavy atom. The number of amides is 1. The second-order valence-electron chi connectivity index (χ2n) is 5.60. The molecular formula is C18H21ClN2O2. The van der Waals surface area contributed by atoms with Crippen LogP contribution in [0.15, 0.2) is 54.6 Å². The van der Waals surface area contributed by atoms with Crippen molar-refractivity contribution in [2.24, 2.45) is 5.73 Å². The smallest absolute Gasteiger partial charge is 0.254 e. The fraction of sp³-hybridized carbons (Fsp3) is 0.278. The van der Waals surface area contributed by atoms with Crippen molar-refractivity contribution >= 4 is 18.3 Å². The van der Waals surface area contributed by atoms with Crippen LogP contribution >= 0.6 is 12.4 Å². The molecule has 3 rings (SSSR count). The van der Waals surface area contributed by atoms with E-state index in [1.165, 1.54) is 0 Å². The first-order valence-electron chi connectivity index (χ1n) is 7.54. The summed E-state index contributed by atoms with van der Waals surface area (Å²) in [6, 6.07) is 17.4. The number of nitrogens with two attached hydrogens (primary N) is 1. The molecule has 0 radical (unpaired) electrons. The van der Waals surface area contributed by atoms with Gasteiger partial charge < -0.3 is 15.4 Å². The lowest BCUT2D eigenvalue weighted by atomic mass is 10.2. The minimum Gasteiger partial charge on any atom is -0.489 e. The monoisotopic (exact) mass is 332 g/mol. The van der Waals surface area contributed by atoms with Gasteiger partial charge in [-0.2, -0.15) is 0 Å². The normalized spacial score (nSPS) is 16.7. The SMILES string of the molecule is Cl.N[C@H]1CCN(C(=O)c2cccc(OCc3ccccc3)c2)C1. The predicted octanol–water partition coefficient (Wildman–Crippen LogP) is 2.86. The highest BCUT2D eigenvalue weighted by atomic mass is 35.5. The molecule has 1 fully saturated rings. The molecule has 2 aromatic rings. The fourth-order valence-corrected chi connectivity index (χ4v) is 2.61. The summed E-state index contributed by atoms with van der Waals surface area (Å²) in [6.45, 7) is 1.86. The average Bonchev–Trinajstić information content (AvgIpc) is 3.00. The zero-order chi connectivity index (χ0) is 15.4. The third-order valence-corrected chi connectivity index (χ3v) is 3.84. The molecule has 0 unspecified atom stereocenters. The molecule has 1 saturated heterocycles. The minimum absolute atomic E-state index is 0. The van der Waals surface area contributed by atoms with E-state index in [9.17, 15) is 4.79 Å². The van der Waals surface area contributed by atoms with Crippen LogP contribution in [-0.2, 0) is 6.61 Å². The molecule has 5 heteroatoms. The van der Waals surface area contributed by atoms with Crippen LogP contribution in [0.2, 0.25) is 0 Å². The van der Waals surface area contributed by atoms with Crippen LogP contribution in [0.3, 0.4) is 0 Å². The Hall–Kier alpha value is -2.04. The van der Waals surface area contributed by atoms with Gasteiger partial charge in [0.15, 0.2) is 0 Å². The second kappa shape index (κ2) is 7.99. The third kappa shape index (κ3) is 4.47. The van der Waals surface area contributed by atoms with Crippen LogP contribution in [0, 0.1) is 0 Å². The first kappa shape index (κ1) is 17.3. The number of hydrogen-bond donors (Lipinski definition) is 1. The van der Waals surface area contributed by atoms with E-state index in [4.69, 9.17) is 10.5 Å². The van der Waals surface area contributed by atoms with E-state index in [0.29, 0.717) is 24.5 Å². The largest absolute Gasteiger partial charge is 0.489 e. The van der Waals surface area contributed by atoms with E-state index in [0.717, 1.165) is 18.5 Å². The van der Waals surface area contributed by atoms with E-state index in [1.54, 1.807) is 11.0 Å². The van der Waals surface area contributed by atoms with Crippen LogP contribution in [0.1, 0.15) is 22.3 Å². The zero-order valence-corrected chi connectivity index (χ0v) is 13.7. The lowest BCUT2D eigenvalue weighted by Gasteiger charge is -2.16. The molecule has 1 aliphatic rings. The van der Waals surface area contributed by atoms with E-state index in [1.807, 2.05) is 48.5 Å². The Morgan fingerprint density at radius 3 is 2.65 bits per heavy atom. The summed E-state index contributed by atoms with van der Waals surface area (Å²) in [4.78, 5) is 14.2. The van der Waals surface area contributed by atoms with Gasteiger partial charge in [0.05, 0.1) is 0 Å². The molecule has 1 atom stereocenters. The van der Waals surface area contributed by atoms with Crippen LogP contribution in [0.5, 0.6) is 5.75 Å². The standard InChI is InChI=1S/C18H20N2O2.ClH/c19-16-9-10-20(12-16)18(21)15-7-4-8-17(11-15)22-13-14-5-2-1-3-6-14;/h1-8,11,16H,9-10,12-13,19H2;1H/t16-;/m0./s1. The van der Waals surface area contributed by atoms with E-state index >= 15 is 0 Å². The molecule has 1 aliphatic heterocycles. The van der Waals surface area contributed by atoms with Crippen LogP contribution < -0.4 is 10.5 Å². The molecule has 122 valence electrons. The number of carbonyl (C=O) groups is 1. The lowest BCUT2D eigenvalue weighted by molar-refractivity contribution is 0.0790. The molecule has 0 spiro atoms. The van der Waals surface area contributed by atoms with Crippen LogP contribution in [0.4, 0.5) is 0 Å². The number of likely N-dealkylation sites (tertiary alicyclic amines) is 1. The minimum atomic E-state index is 0. The lowest BCUT2D eigenvalue weighted by Crippen LogP contribution is -2.31. The number of nitrogens with zero attached hydrogens (tertiary/aromatic N) is 1. The molecule has 2 aromatic carbocycles. The van der Waals surface area contributed by atoms with Gasteiger partial charge in [0.2, 0.25) is 0 Å². The van der Waals surface area contributed by atoms with Gasteiger partial charge >= 0.3 is 0 Å². The zero-order valence-electron chi connectivity index (χ0n) is 12.9. The molecule has 23 heavy (non-hydrogen) atoms. The molecule has 2 N–H and O–H groups in total. The Morgan fingerprint density at radius 2 is 1.96 bits per heavy atom. The van der Waals surface area contributed by atoms with Gasteiger partial charge in [-0.1, -0.05) is 36.4 Å². The Kier molecular flexibility index (Phi) is 6.02. The molecule has 0 aromatic heterocycles.